The lowest BCUT2D eigenvalue weighted by atomic mass is 9.85. The molecule has 0 bridgehead atoms. The molecule has 0 saturated heterocycles. The molecule has 1 aromatic rings. The van der Waals surface area contributed by atoms with E-state index in [0.29, 0.717) is 0 Å². The summed E-state index contributed by atoms with van der Waals surface area (Å²) in [6, 6.07) is 2.16. The topological polar surface area (TPSA) is 49.3 Å². The van der Waals surface area contributed by atoms with Crippen molar-refractivity contribution < 1.29 is 9.90 Å². The molecule has 2 N–H and O–H groups in total. The van der Waals surface area contributed by atoms with Crippen LogP contribution in [0.3, 0.4) is 0 Å². The van der Waals surface area contributed by atoms with E-state index in [1.807, 2.05) is 11.4 Å². The number of aliphatic hydroxyl groups excluding tert-OH is 1. The van der Waals surface area contributed by atoms with Gasteiger partial charge in [-0.2, -0.15) is 0 Å². The third-order valence-electron chi connectivity index (χ3n) is 3.79. The van der Waals surface area contributed by atoms with Gasteiger partial charge in [-0.3, -0.25) is 4.79 Å². The first-order valence-corrected chi connectivity index (χ1v) is 7.62. The van der Waals surface area contributed by atoms with E-state index in [1.54, 1.807) is 0 Å². The summed E-state index contributed by atoms with van der Waals surface area (Å²) in [7, 11) is 0. The predicted octanol–water partition coefficient (Wildman–Crippen LogP) is 2.59. The zero-order valence-corrected chi connectivity index (χ0v) is 11.6. The lowest BCUT2D eigenvalue weighted by Crippen LogP contribution is -2.43. The molecule has 0 aliphatic heterocycles. The lowest BCUT2D eigenvalue weighted by Gasteiger charge is -2.30. The average molecular weight is 267 g/mol. The van der Waals surface area contributed by atoms with Crippen molar-refractivity contribution in [2.24, 2.45) is 5.92 Å². The molecule has 0 aromatic carbocycles. The molecule has 0 radical (unpaired) electrons. The van der Waals surface area contributed by atoms with Gasteiger partial charge in [0.05, 0.1) is 4.88 Å². The maximum Gasteiger partial charge on any atom is 0.261 e. The highest BCUT2D eigenvalue weighted by atomic mass is 32.1. The quantitative estimate of drug-likeness (QED) is 0.881. The number of aryl methyl sites for hydroxylation is 1. The third-order valence-corrected chi connectivity index (χ3v) is 4.75. The van der Waals surface area contributed by atoms with Gasteiger partial charge in [0.15, 0.2) is 0 Å². The van der Waals surface area contributed by atoms with E-state index in [4.69, 9.17) is 0 Å². The van der Waals surface area contributed by atoms with E-state index < -0.39 is 0 Å². The van der Waals surface area contributed by atoms with Gasteiger partial charge in [-0.05, 0) is 36.3 Å². The Bertz CT molecular complexity index is 402. The highest BCUT2D eigenvalue weighted by Crippen LogP contribution is 2.25. The van der Waals surface area contributed by atoms with E-state index in [-0.39, 0.29) is 24.5 Å². The molecule has 2 rings (SSSR count). The molecule has 1 saturated carbocycles. The number of nitrogens with one attached hydrogen (secondary N) is 1. The summed E-state index contributed by atoms with van der Waals surface area (Å²) >= 11 is 1.51. The molecule has 1 aliphatic carbocycles. The number of rotatable bonds is 4. The van der Waals surface area contributed by atoms with Gasteiger partial charge in [0.2, 0.25) is 0 Å². The molecule has 18 heavy (non-hydrogen) atoms. The number of carbonyl (C=O) groups is 1. The van der Waals surface area contributed by atoms with Crippen LogP contribution in [0.5, 0.6) is 0 Å². The van der Waals surface area contributed by atoms with Gasteiger partial charge >= 0.3 is 0 Å². The van der Waals surface area contributed by atoms with Crippen LogP contribution in [0.25, 0.3) is 0 Å². The summed E-state index contributed by atoms with van der Waals surface area (Å²) in [5, 5.41) is 14.4. The van der Waals surface area contributed by atoms with E-state index in [0.717, 1.165) is 42.5 Å². The first kappa shape index (κ1) is 13.6. The number of amides is 1. The number of hydrogen-bond acceptors (Lipinski definition) is 3. The highest BCUT2D eigenvalue weighted by Gasteiger charge is 2.26. The molecule has 1 aromatic heterocycles. The van der Waals surface area contributed by atoms with Crippen molar-refractivity contribution in [3.8, 4) is 0 Å². The van der Waals surface area contributed by atoms with Crippen LogP contribution in [0.15, 0.2) is 11.4 Å². The second-order valence-electron chi connectivity index (χ2n) is 4.94. The smallest absolute Gasteiger partial charge is 0.261 e. The number of thiophene rings is 1. The summed E-state index contributed by atoms with van der Waals surface area (Å²) in [5.74, 6) is 0.264. The second kappa shape index (κ2) is 6.34. The van der Waals surface area contributed by atoms with Gasteiger partial charge in [-0.25, -0.2) is 0 Å². The molecule has 1 fully saturated rings. The van der Waals surface area contributed by atoms with E-state index in [2.05, 4.69) is 12.2 Å². The molecular weight excluding hydrogens is 246 g/mol. The molecule has 1 amide bonds. The first-order valence-electron chi connectivity index (χ1n) is 6.74. The van der Waals surface area contributed by atoms with E-state index >= 15 is 0 Å². The van der Waals surface area contributed by atoms with Crippen molar-refractivity contribution in [1.29, 1.82) is 0 Å². The largest absolute Gasteiger partial charge is 0.396 e. The Hall–Kier alpha value is -0.870. The predicted molar refractivity (Wildman–Crippen MR) is 74.0 cm³/mol. The summed E-state index contributed by atoms with van der Waals surface area (Å²) in [6.45, 7) is 2.24. The Morgan fingerprint density at radius 3 is 3.00 bits per heavy atom. The van der Waals surface area contributed by atoms with Gasteiger partial charge in [0.1, 0.15) is 0 Å². The molecule has 2 unspecified atom stereocenters. The molecule has 100 valence electrons. The fraction of sp³-hybridized carbons (Fsp3) is 0.643. The van der Waals surface area contributed by atoms with Gasteiger partial charge in [0, 0.05) is 18.6 Å². The Kier molecular flexibility index (Phi) is 4.78. The SMILES string of the molecule is CCc1ccsc1C(=O)NC1CCCCC1CO. The maximum absolute atomic E-state index is 12.2. The van der Waals surface area contributed by atoms with Crippen LogP contribution >= 0.6 is 11.3 Å². The first-order chi connectivity index (χ1) is 8.76. The zero-order chi connectivity index (χ0) is 13.0. The molecule has 1 heterocycles. The molecule has 3 nitrogen and oxygen atoms in total. The van der Waals surface area contributed by atoms with Crippen molar-refractivity contribution in [3.05, 3.63) is 21.9 Å². The Balaban J connectivity index is 2.02. The van der Waals surface area contributed by atoms with Crippen LogP contribution in [0.2, 0.25) is 0 Å². The number of carbonyl (C=O) groups excluding carboxylic acids is 1. The van der Waals surface area contributed by atoms with Crippen LogP contribution < -0.4 is 5.32 Å². The summed E-state index contributed by atoms with van der Waals surface area (Å²) < 4.78 is 0. The van der Waals surface area contributed by atoms with Crippen molar-refractivity contribution in [1.82, 2.24) is 5.32 Å². The standard InChI is InChI=1S/C14H21NO2S/c1-2-10-7-8-18-13(10)14(17)15-12-6-4-3-5-11(12)9-16/h7-8,11-12,16H,2-6,9H2,1H3,(H,15,17). The Morgan fingerprint density at radius 1 is 1.50 bits per heavy atom. The Labute approximate surface area is 112 Å². The second-order valence-corrected chi connectivity index (χ2v) is 5.85. The Morgan fingerprint density at radius 2 is 2.28 bits per heavy atom. The normalized spacial score (nSPS) is 23.9. The fourth-order valence-electron chi connectivity index (χ4n) is 2.66. The van der Waals surface area contributed by atoms with E-state index in [1.165, 1.54) is 11.3 Å². The summed E-state index contributed by atoms with van der Waals surface area (Å²) in [4.78, 5) is 13.1. The molecule has 4 heteroatoms. The van der Waals surface area contributed by atoms with Crippen LogP contribution in [0, 0.1) is 5.92 Å². The molecule has 1 aliphatic rings. The molecule has 0 spiro atoms. The summed E-state index contributed by atoms with van der Waals surface area (Å²) in [6.07, 6.45) is 5.21. The van der Waals surface area contributed by atoms with E-state index in [9.17, 15) is 9.90 Å². The minimum absolute atomic E-state index is 0.0344. The zero-order valence-electron chi connectivity index (χ0n) is 10.8. The minimum Gasteiger partial charge on any atom is -0.396 e. The highest BCUT2D eigenvalue weighted by molar-refractivity contribution is 7.12. The van der Waals surface area contributed by atoms with Crippen molar-refractivity contribution in [3.63, 3.8) is 0 Å². The van der Waals surface area contributed by atoms with Gasteiger partial charge < -0.3 is 10.4 Å². The number of aliphatic hydroxyl groups is 1. The average Bonchev–Trinajstić information content (AvgIpc) is 2.87. The minimum atomic E-state index is 0.0344. The molecule has 2 atom stereocenters. The van der Waals surface area contributed by atoms with Crippen LogP contribution in [-0.2, 0) is 6.42 Å². The fourth-order valence-corrected chi connectivity index (χ4v) is 3.56. The molecular formula is C14H21NO2S. The maximum atomic E-state index is 12.2. The van der Waals surface area contributed by atoms with Crippen molar-refractivity contribution in [2.45, 2.75) is 45.1 Å². The lowest BCUT2D eigenvalue weighted by molar-refractivity contribution is 0.0876. The van der Waals surface area contributed by atoms with Crippen LogP contribution in [-0.4, -0.2) is 23.7 Å². The van der Waals surface area contributed by atoms with Crippen molar-refractivity contribution in [2.75, 3.05) is 6.61 Å². The van der Waals surface area contributed by atoms with Gasteiger partial charge in [0.25, 0.3) is 5.91 Å². The number of hydrogen-bond donors (Lipinski definition) is 2. The van der Waals surface area contributed by atoms with Gasteiger partial charge in [-0.15, -0.1) is 11.3 Å². The van der Waals surface area contributed by atoms with Crippen LogP contribution in [0.1, 0.15) is 47.8 Å². The monoisotopic (exact) mass is 267 g/mol. The summed E-state index contributed by atoms with van der Waals surface area (Å²) in [5.41, 5.74) is 1.12. The third kappa shape index (κ3) is 2.93. The van der Waals surface area contributed by atoms with Crippen molar-refractivity contribution >= 4 is 17.2 Å². The van der Waals surface area contributed by atoms with Crippen LogP contribution in [0.4, 0.5) is 0 Å². The van der Waals surface area contributed by atoms with Gasteiger partial charge in [-0.1, -0.05) is 19.8 Å².